The lowest BCUT2D eigenvalue weighted by Gasteiger charge is -2.12. The van der Waals surface area contributed by atoms with Crippen LogP contribution >= 0.6 is 23.4 Å². The van der Waals surface area contributed by atoms with Gasteiger partial charge in [-0.3, -0.25) is 9.59 Å². The van der Waals surface area contributed by atoms with Crippen molar-refractivity contribution in [2.24, 2.45) is 0 Å². The lowest BCUT2D eigenvalue weighted by atomic mass is 10.1. The number of rotatable bonds is 6. The number of thioether (sulfide) groups is 1. The van der Waals surface area contributed by atoms with Gasteiger partial charge in [-0.15, -0.1) is 11.8 Å². The Kier molecular flexibility index (Phi) is 6.19. The van der Waals surface area contributed by atoms with Crippen molar-refractivity contribution in [3.63, 3.8) is 0 Å². The van der Waals surface area contributed by atoms with E-state index >= 15 is 0 Å². The van der Waals surface area contributed by atoms with Crippen LogP contribution in [0, 0.1) is 0 Å². The molecule has 3 rings (SSSR count). The van der Waals surface area contributed by atoms with Gasteiger partial charge in [0.15, 0.2) is 0 Å². The summed E-state index contributed by atoms with van der Waals surface area (Å²) in [6.07, 6.45) is 0.709. The van der Waals surface area contributed by atoms with Crippen molar-refractivity contribution >= 4 is 40.9 Å². The first-order valence-corrected chi connectivity index (χ1v) is 9.46. The third-order valence-electron chi connectivity index (χ3n) is 4.01. The molecule has 0 saturated carbocycles. The van der Waals surface area contributed by atoms with Gasteiger partial charge in [-0.05, 0) is 36.2 Å². The molecule has 0 radical (unpaired) electrons. The lowest BCUT2D eigenvalue weighted by Crippen LogP contribution is -2.27. The molecule has 7 heteroatoms. The van der Waals surface area contributed by atoms with Gasteiger partial charge in [-0.2, -0.15) is 0 Å². The molecule has 0 saturated heterocycles. The van der Waals surface area contributed by atoms with E-state index in [4.69, 9.17) is 16.3 Å². The van der Waals surface area contributed by atoms with Crippen molar-refractivity contribution in [3.8, 4) is 0 Å². The van der Waals surface area contributed by atoms with Crippen molar-refractivity contribution in [3.05, 3.63) is 58.6 Å². The highest BCUT2D eigenvalue weighted by Crippen LogP contribution is 2.37. The average Bonchev–Trinajstić information content (AvgIpc) is 3.06. The summed E-state index contributed by atoms with van der Waals surface area (Å²) in [6.45, 7) is 0.836. The number of benzene rings is 2. The summed E-state index contributed by atoms with van der Waals surface area (Å²) in [5.74, 6) is -0.341. The van der Waals surface area contributed by atoms with Gasteiger partial charge in [-0.1, -0.05) is 29.8 Å². The van der Waals surface area contributed by atoms with E-state index in [9.17, 15) is 9.59 Å². The van der Waals surface area contributed by atoms with E-state index in [-0.39, 0.29) is 17.1 Å². The Labute approximate surface area is 161 Å². The van der Waals surface area contributed by atoms with E-state index < -0.39 is 0 Å². The number of fused-ring (bicyclic) bond motifs is 1. The van der Waals surface area contributed by atoms with Crippen LogP contribution in [0.5, 0.6) is 0 Å². The van der Waals surface area contributed by atoms with Crippen LogP contribution in [0.15, 0.2) is 47.4 Å². The van der Waals surface area contributed by atoms with Crippen molar-refractivity contribution in [2.45, 2.75) is 16.6 Å². The molecular formula is C19H19ClN2O3S. The van der Waals surface area contributed by atoms with Crippen LogP contribution in [0.3, 0.4) is 0 Å². The predicted molar refractivity (Wildman–Crippen MR) is 104 cm³/mol. The zero-order valence-corrected chi connectivity index (χ0v) is 15.8. The van der Waals surface area contributed by atoms with E-state index in [2.05, 4.69) is 10.6 Å². The molecule has 26 heavy (non-hydrogen) atoms. The summed E-state index contributed by atoms with van der Waals surface area (Å²) in [5, 5.41) is 5.73. The zero-order chi connectivity index (χ0) is 18.5. The van der Waals surface area contributed by atoms with Crippen molar-refractivity contribution < 1.29 is 14.3 Å². The fourth-order valence-corrected chi connectivity index (χ4v) is 4.15. The van der Waals surface area contributed by atoms with Gasteiger partial charge < -0.3 is 15.4 Å². The van der Waals surface area contributed by atoms with Crippen LogP contribution in [-0.4, -0.2) is 37.3 Å². The van der Waals surface area contributed by atoms with Crippen LogP contribution in [0.1, 0.15) is 15.9 Å². The van der Waals surface area contributed by atoms with Crippen LogP contribution < -0.4 is 10.6 Å². The molecule has 0 unspecified atom stereocenters. The fraction of sp³-hybridized carbons (Fsp3) is 0.263. The number of hydrogen-bond donors (Lipinski definition) is 2. The number of halogens is 1. The van der Waals surface area contributed by atoms with E-state index in [1.54, 1.807) is 37.1 Å². The second kappa shape index (κ2) is 8.58. The van der Waals surface area contributed by atoms with Crippen LogP contribution in [0.4, 0.5) is 5.69 Å². The SMILES string of the molecule is COCCNC(=O)c1ccc(NC(=O)[C@@H]2Cc3ccccc3S2)cc1Cl. The molecule has 0 bridgehead atoms. The van der Waals surface area contributed by atoms with Gasteiger partial charge in [0.25, 0.3) is 5.91 Å². The number of methoxy groups -OCH3 is 1. The van der Waals surface area contributed by atoms with E-state index in [1.807, 2.05) is 24.3 Å². The largest absolute Gasteiger partial charge is 0.383 e. The van der Waals surface area contributed by atoms with E-state index in [0.29, 0.717) is 35.8 Å². The molecule has 2 amide bonds. The number of hydrogen-bond acceptors (Lipinski definition) is 4. The number of anilines is 1. The molecular weight excluding hydrogens is 372 g/mol. The maximum atomic E-state index is 12.5. The number of nitrogens with one attached hydrogen (secondary N) is 2. The second-order valence-corrected chi connectivity index (χ2v) is 7.50. The van der Waals surface area contributed by atoms with Crippen LogP contribution in [0.25, 0.3) is 0 Å². The first-order valence-electron chi connectivity index (χ1n) is 8.20. The van der Waals surface area contributed by atoms with Crippen LogP contribution in [0.2, 0.25) is 5.02 Å². The summed E-state index contributed by atoms with van der Waals surface area (Å²) in [6, 6.07) is 12.9. The number of ether oxygens (including phenoxy) is 1. The molecule has 2 N–H and O–H groups in total. The Hall–Kier alpha value is -2.02. The minimum absolute atomic E-state index is 0.0698. The van der Waals surface area contributed by atoms with E-state index in [1.165, 1.54) is 5.56 Å². The van der Waals surface area contributed by atoms with Gasteiger partial charge in [0.1, 0.15) is 0 Å². The molecule has 2 aromatic carbocycles. The molecule has 1 aliphatic heterocycles. The molecule has 1 aliphatic rings. The first kappa shape index (κ1) is 18.8. The molecule has 0 spiro atoms. The molecule has 0 aromatic heterocycles. The Bertz CT molecular complexity index is 803. The smallest absolute Gasteiger partial charge is 0.252 e. The van der Waals surface area contributed by atoms with Crippen molar-refractivity contribution in [1.82, 2.24) is 5.32 Å². The minimum Gasteiger partial charge on any atom is -0.383 e. The third kappa shape index (κ3) is 4.38. The van der Waals surface area contributed by atoms with Crippen LogP contribution in [-0.2, 0) is 16.0 Å². The monoisotopic (exact) mass is 390 g/mol. The van der Waals surface area contributed by atoms with Crippen molar-refractivity contribution in [2.75, 3.05) is 25.6 Å². The molecule has 1 heterocycles. The molecule has 0 fully saturated rings. The summed E-state index contributed by atoms with van der Waals surface area (Å²) in [4.78, 5) is 25.7. The first-order chi connectivity index (χ1) is 12.6. The van der Waals surface area contributed by atoms with Gasteiger partial charge in [0, 0.05) is 24.2 Å². The van der Waals surface area contributed by atoms with Gasteiger partial charge in [0.05, 0.1) is 22.4 Å². The highest BCUT2D eigenvalue weighted by atomic mass is 35.5. The Morgan fingerprint density at radius 3 is 2.81 bits per heavy atom. The number of amides is 2. The highest BCUT2D eigenvalue weighted by molar-refractivity contribution is 8.01. The van der Waals surface area contributed by atoms with Gasteiger partial charge in [0.2, 0.25) is 5.91 Å². The number of carbonyl (C=O) groups is 2. The summed E-state index contributed by atoms with van der Waals surface area (Å²) in [5.41, 5.74) is 2.13. The van der Waals surface area contributed by atoms with Gasteiger partial charge in [-0.25, -0.2) is 0 Å². The summed E-state index contributed by atoms with van der Waals surface area (Å²) >= 11 is 7.77. The maximum Gasteiger partial charge on any atom is 0.252 e. The maximum absolute atomic E-state index is 12.5. The number of carbonyl (C=O) groups excluding carboxylic acids is 2. The molecule has 0 aliphatic carbocycles. The summed E-state index contributed by atoms with van der Waals surface area (Å²) < 4.78 is 4.90. The molecule has 5 nitrogen and oxygen atoms in total. The minimum atomic E-state index is -0.272. The zero-order valence-electron chi connectivity index (χ0n) is 14.3. The quantitative estimate of drug-likeness (QED) is 0.742. The second-order valence-electron chi connectivity index (χ2n) is 5.85. The average molecular weight is 391 g/mol. The Morgan fingerprint density at radius 1 is 1.27 bits per heavy atom. The fourth-order valence-electron chi connectivity index (χ4n) is 2.69. The highest BCUT2D eigenvalue weighted by Gasteiger charge is 2.28. The Balaban J connectivity index is 1.61. The summed E-state index contributed by atoms with van der Waals surface area (Å²) in [7, 11) is 1.57. The predicted octanol–water partition coefficient (Wildman–Crippen LogP) is 3.37. The van der Waals surface area contributed by atoms with Gasteiger partial charge >= 0.3 is 0 Å². The molecule has 1 atom stereocenters. The Morgan fingerprint density at radius 2 is 2.08 bits per heavy atom. The van der Waals surface area contributed by atoms with Crippen molar-refractivity contribution in [1.29, 1.82) is 0 Å². The van der Waals surface area contributed by atoms with E-state index in [0.717, 1.165) is 4.90 Å². The normalized spacial score (nSPS) is 15.4. The molecule has 136 valence electrons. The third-order valence-corrected chi connectivity index (χ3v) is 5.64. The molecule has 2 aromatic rings. The topological polar surface area (TPSA) is 67.4 Å². The lowest BCUT2D eigenvalue weighted by molar-refractivity contribution is -0.115. The standard InChI is InChI=1S/C19H19ClN2O3S/c1-25-9-8-21-18(23)14-7-6-13(11-15(14)20)22-19(24)17-10-12-4-2-3-5-16(12)26-17/h2-7,11,17H,8-10H2,1H3,(H,21,23)(H,22,24)/t17-/m0/s1.